The van der Waals surface area contributed by atoms with E-state index in [9.17, 15) is 4.79 Å². The summed E-state index contributed by atoms with van der Waals surface area (Å²) in [5.41, 5.74) is 6.10. The molecule has 2 fully saturated rings. The van der Waals surface area contributed by atoms with E-state index < -0.39 is 5.97 Å². The lowest BCUT2D eigenvalue weighted by atomic mass is 9.54. The first-order valence-corrected chi connectivity index (χ1v) is 5.58. The number of rotatable bonds is 2. The van der Waals surface area contributed by atoms with Gasteiger partial charge in [0.05, 0.1) is 5.92 Å². The number of aliphatic carboxylic acids is 1. The summed E-state index contributed by atoms with van der Waals surface area (Å²) in [5, 5.41) is 8.88. The molecule has 2 aliphatic rings. The van der Waals surface area contributed by atoms with Crippen LogP contribution in [0.4, 0.5) is 0 Å². The van der Waals surface area contributed by atoms with Crippen molar-refractivity contribution >= 4 is 18.4 Å². The minimum Gasteiger partial charge on any atom is -0.481 e. The van der Waals surface area contributed by atoms with Crippen LogP contribution in [-0.2, 0) is 4.79 Å². The highest BCUT2D eigenvalue weighted by atomic mass is 35.5. The van der Waals surface area contributed by atoms with Crippen LogP contribution in [0.15, 0.2) is 0 Å². The second kappa shape index (κ2) is 4.71. The van der Waals surface area contributed by atoms with Gasteiger partial charge in [-0.3, -0.25) is 4.79 Å². The molecule has 2 aliphatic carbocycles. The summed E-state index contributed by atoms with van der Waals surface area (Å²) in [6.45, 7) is 0.810. The average molecular weight is 234 g/mol. The topological polar surface area (TPSA) is 63.3 Å². The zero-order chi connectivity index (χ0) is 10.2. The summed E-state index contributed by atoms with van der Waals surface area (Å²) in [4.78, 5) is 10.8. The molecule has 88 valence electrons. The molecule has 4 heteroatoms. The number of hydrogen-bond acceptors (Lipinski definition) is 2. The second-order valence-corrected chi connectivity index (χ2v) is 5.12. The lowest BCUT2D eigenvalue weighted by Gasteiger charge is -2.51. The molecule has 0 unspecified atom stereocenters. The Morgan fingerprint density at radius 1 is 1.33 bits per heavy atom. The molecule has 0 aliphatic heterocycles. The normalized spacial score (nSPS) is 39.3. The van der Waals surface area contributed by atoms with E-state index in [4.69, 9.17) is 10.8 Å². The van der Waals surface area contributed by atoms with Crippen molar-refractivity contribution in [2.75, 3.05) is 6.54 Å². The van der Waals surface area contributed by atoms with E-state index in [-0.39, 0.29) is 18.3 Å². The predicted molar refractivity (Wildman–Crippen MR) is 61.1 cm³/mol. The molecule has 0 bridgehead atoms. The van der Waals surface area contributed by atoms with Crippen LogP contribution in [0.25, 0.3) is 0 Å². The van der Waals surface area contributed by atoms with Crippen molar-refractivity contribution < 1.29 is 9.90 Å². The first kappa shape index (κ1) is 12.8. The summed E-state index contributed by atoms with van der Waals surface area (Å²) in [7, 11) is 0. The Morgan fingerprint density at radius 3 is 2.27 bits per heavy atom. The molecule has 0 aromatic carbocycles. The van der Waals surface area contributed by atoms with Crippen LogP contribution < -0.4 is 5.73 Å². The molecule has 3 N–H and O–H groups in total. The van der Waals surface area contributed by atoms with Crippen molar-refractivity contribution in [2.45, 2.75) is 38.5 Å². The Morgan fingerprint density at radius 2 is 1.87 bits per heavy atom. The van der Waals surface area contributed by atoms with E-state index in [0.29, 0.717) is 5.41 Å². The van der Waals surface area contributed by atoms with E-state index in [2.05, 4.69) is 0 Å². The summed E-state index contributed by atoms with van der Waals surface area (Å²) in [6.07, 6.45) is 6.48. The molecule has 0 saturated heterocycles. The van der Waals surface area contributed by atoms with E-state index in [0.717, 1.165) is 38.1 Å². The maximum Gasteiger partial charge on any atom is 0.306 e. The SMILES string of the molecule is Cl.NCC1CC2(CCC(C(=O)O)CC2)C1. The highest BCUT2D eigenvalue weighted by Crippen LogP contribution is 2.55. The molecule has 3 nitrogen and oxygen atoms in total. The van der Waals surface area contributed by atoms with Gasteiger partial charge in [0.25, 0.3) is 0 Å². The minimum absolute atomic E-state index is 0. The van der Waals surface area contributed by atoms with Gasteiger partial charge in [0.15, 0.2) is 0 Å². The number of carbonyl (C=O) groups is 1. The Bertz CT molecular complexity index is 229. The number of nitrogens with two attached hydrogens (primary N) is 1. The van der Waals surface area contributed by atoms with Gasteiger partial charge in [0.1, 0.15) is 0 Å². The fourth-order valence-electron chi connectivity index (χ4n) is 3.22. The summed E-state index contributed by atoms with van der Waals surface area (Å²) in [5.74, 6) is 0.0449. The van der Waals surface area contributed by atoms with Crippen LogP contribution in [0.3, 0.4) is 0 Å². The van der Waals surface area contributed by atoms with Crippen LogP contribution in [-0.4, -0.2) is 17.6 Å². The molecule has 0 aromatic heterocycles. The standard InChI is InChI=1S/C11H19NO2.ClH/c12-7-8-5-11(6-8)3-1-9(2-4-11)10(13)14;/h8-9H,1-7,12H2,(H,13,14);1H. The van der Waals surface area contributed by atoms with E-state index in [1.54, 1.807) is 0 Å². The Balaban J connectivity index is 0.00000112. The Labute approximate surface area is 96.8 Å². The third-order valence-electron chi connectivity index (χ3n) is 4.17. The largest absolute Gasteiger partial charge is 0.481 e. The van der Waals surface area contributed by atoms with Crippen molar-refractivity contribution in [3.05, 3.63) is 0 Å². The third-order valence-corrected chi connectivity index (χ3v) is 4.17. The first-order valence-electron chi connectivity index (χ1n) is 5.58. The predicted octanol–water partition coefficient (Wildman–Crippen LogP) is 2.04. The van der Waals surface area contributed by atoms with Crippen LogP contribution in [0.2, 0.25) is 0 Å². The maximum atomic E-state index is 10.8. The monoisotopic (exact) mass is 233 g/mol. The summed E-state index contributed by atoms with van der Waals surface area (Å²) in [6, 6.07) is 0. The van der Waals surface area contributed by atoms with Crippen LogP contribution in [0, 0.1) is 17.3 Å². The third kappa shape index (κ3) is 2.45. The number of carboxylic acids is 1. The average Bonchev–Trinajstić information content (AvgIpc) is 2.14. The molecule has 0 heterocycles. The molecule has 0 radical (unpaired) electrons. The van der Waals surface area contributed by atoms with Gasteiger partial charge in [0.2, 0.25) is 0 Å². The summed E-state index contributed by atoms with van der Waals surface area (Å²) < 4.78 is 0. The molecule has 2 saturated carbocycles. The Kier molecular flexibility index (Phi) is 4.01. The quantitative estimate of drug-likeness (QED) is 0.767. The lowest BCUT2D eigenvalue weighted by Crippen LogP contribution is -2.43. The molecule has 15 heavy (non-hydrogen) atoms. The van der Waals surface area contributed by atoms with Crippen molar-refractivity contribution in [3.63, 3.8) is 0 Å². The number of halogens is 1. The van der Waals surface area contributed by atoms with Crippen molar-refractivity contribution in [1.29, 1.82) is 0 Å². The van der Waals surface area contributed by atoms with E-state index >= 15 is 0 Å². The zero-order valence-electron chi connectivity index (χ0n) is 8.95. The van der Waals surface area contributed by atoms with E-state index in [1.165, 1.54) is 12.8 Å². The van der Waals surface area contributed by atoms with E-state index in [1.807, 2.05) is 0 Å². The molecule has 0 amide bonds. The van der Waals surface area contributed by atoms with Crippen molar-refractivity contribution in [2.24, 2.45) is 23.0 Å². The minimum atomic E-state index is -0.602. The highest BCUT2D eigenvalue weighted by Gasteiger charge is 2.46. The Hall–Kier alpha value is -0.280. The van der Waals surface area contributed by atoms with Crippen molar-refractivity contribution in [3.8, 4) is 0 Å². The molecular formula is C11H20ClNO2. The van der Waals surface area contributed by atoms with Gasteiger partial charge < -0.3 is 10.8 Å². The van der Waals surface area contributed by atoms with Gasteiger partial charge in [-0.05, 0) is 56.4 Å². The van der Waals surface area contributed by atoms with Gasteiger partial charge in [0, 0.05) is 0 Å². The number of carboxylic acid groups (broad SMARTS) is 1. The molecular weight excluding hydrogens is 214 g/mol. The van der Waals surface area contributed by atoms with Gasteiger partial charge >= 0.3 is 5.97 Å². The van der Waals surface area contributed by atoms with Crippen LogP contribution in [0.5, 0.6) is 0 Å². The van der Waals surface area contributed by atoms with Gasteiger partial charge in [-0.25, -0.2) is 0 Å². The number of hydrogen-bond donors (Lipinski definition) is 2. The molecule has 2 rings (SSSR count). The first-order chi connectivity index (χ1) is 6.65. The van der Waals surface area contributed by atoms with Gasteiger partial charge in [-0.15, -0.1) is 12.4 Å². The molecule has 0 atom stereocenters. The molecule has 0 aromatic rings. The zero-order valence-corrected chi connectivity index (χ0v) is 9.76. The maximum absolute atomic E-state index is 10.8. The van der Waals surface area contributed by atoms with Gasteiger partial charge in [-0.1, -0.05) is 0 Å². The van der Waals surface area contributed by atoms with Crippen LogP contribution >= 0.6 is 12.4 Å². The second-order valence-electron chi connectivity index (χ2n) is 5.12. The fraction of sp³-hybridized carbons (Fsp3) is 0.909. The van der Waals surface area contributed by atoms with Crippen LogP contribution in [0.1, 0.15) is 38.5 Å². The summed E-state index contributed by atoms with van der Waals surface area (Å²) >= 11 is 0. The van der Waals surface area contributed by atoms with Crippen molar-refractivity contribution in [1.82, 2.24) is 0 Å². The fourth-order valence-corrected chi connectivity index (χ4v) is 3.22. The van der Waals surface area contributed by atoms with Gasteiger partial charge in [-0.2, -0.15) is 0 Å². The smallest absolute Gasteiger partial charge is 0.306 e. The highest BCUT2D eigenvalue weighted by molar-refractivity contribution is 5.85. The molecule has 1 spiro atoms. The lowest BCUT2D eigenvalue weighted by molar-refractivity contribution is -0.144.